The van der Waals surface area contributed by atoms with Crippen LogP contribution in [0.3, 0.4) is 0 Å². The maximum Gasteiger partial charge on any atom is 0.270 e. The zero-order chi connectivity index (χ0) is 18.0. The van der Waals surface area contributed by atoms with Gasteiger partial charge in [0.25, 0.3) is 17.3 Å². The largest absolute Gasteiger partial charge is 0.352 e. The summed E-state index contributed by atoms with van der Waals surface area (Å²) in [7, 11) is 0. The maximum absolute atomic E-state index is 12.5. The Morgan fingerprint density at radius 1 is 1.36 bits per heavy atom. The summed E-state index contributed by atoms with van der Waals surface area (Å²) >= 11 is 0. The van der Waals surface area contributed by atoms with Crippen molar-refractivity contribution in [2.24, 2.45) is 0 Å². The number of nitrogens with zero attached hydrogens (tertiary/aromatic N) is 3. The number of nitrogens with one attached hydrogen (secondary N) is 1. The van der Waals surface area contributed by atoms with E-state index < -0.39 is 4.92 Å². The third-order valence-corrected chi connectivity index (χ3v) is 3.75. The zero-order valence-corrected chi connectivity index (χ0v) is 13.8. The van der Waals surface area contributed by atoms with Gasteiger partial charge in [0.2, 0.25) is 0 Å². The van der Waals surface area contributed by atoms with Gasteiger partial charge >= 0.3 is 0 Å². The lowest BCUT2D eigenvalue weighted by Gasteiger charge is -2.07. The third kappa shape index (κ3) is 3.18. The fourth-order valence-corrected chi connectivity index (χ4v) is 2.53. The number of nitro benzene ring substituents is 1. The molecule has 1 N–H and O–H groups in total. The second-order valence-corrected chi connectivity index (χ2v) is 5.57. The van der Waals surface area contributed by atoms with E-state index in [0.717, 1.165) is 6.42 Å². The van der Waals surface area contributed by atoms with E-state index in [0.29, 0.717) is 34.4 Å². The lowest BCUT2D eigenvalue weighted by Crippen LogP contribution is -2.24. The van der Waals surface area contributed by atoms with Crippen molar-refractivity contribution < 1.29 is 14.2 Å². The molecule has 0 saturated carbocycles. The van der Waals surface area contributed by atoms with Crippen molar-refractivity contribution in [2.75, 3.05) is 6.54 Å². The highest BCUT2D eigenvalue weighted by Gasteiger charge is 2.19. The van der Waals surface area contributed by atoms with Crippen LogP contribution in [0.1, 0.15) is 29.4 Å². The van der Waals surface area contributed by atoms with Gasteiger partial charge in [0.15, 0.2) is 0 Å². The van der Waals surface area contributed by atoms with E-state index in [1.54, 1.807) is 25.1 Å². The molecule has 2 heterocycles. The molecule has 0 fully saturated rings. The van der Waals surface area contributed by atoms with Gasteiger partial charge in [-0.05, 0) is 19.4 Å². The molecular formula is C17H16N4O4. The number of carbonyl (C=O) groups excluding carboxylic acids is 1. The Hall–Kier alpha value is -3.29. The Morgan fingerprint density at radius 2 is 2.16 bits per heavy atom. The van der Waals surface area contributed by atoms with Gasteiger partial charge in [-0.25, -0.2) is 4.98 Å². The van der Waals surface area contributed by atoms with Gasteiger partial charge in [0.05, 0.1) is 27.3 Å². The third-order valence-electron chi connectivity index (χ3n) is 3.75. The standard InChI is InChI=1S/C17H16N4O4/c1-3-7-18-16(22)13-9-14(19-17-15(13)10(2)20-25-17)11-5-4-6-12(8-11)21(23)24/h4-6,8-9H,3,7H2,1-2H3,(H,18,22). The van der Waals surface area contributed by atoms with E-state index in [-0.39, 0.29) is 17.3 Å². The minimum atomic E-state index is -0.477. The number of nitro groups is 1. The molecule has 0 spiro atoms. The minimum absolute atomic E-state index is 0.0508. The molecule has 25 heavy (non-hydrogen) atoms. The summed E-state index contributed by atoms with van der Waals surface area (Å²) < 4.78 is 5.21. The van der Waals surface area contributed by atoms with Gasteiger partial charge < -0.3 is 9.84 Å². The second-order valence-electron chi connectivity index (χ2n) is 5.57. The van der Waals surface area contributed by atoms with Crippen LogP contribution >= 0.6 is 0 Å². The molecule has 0 saturated heterocycles. The Morgan fingerprint density at radius 3 is 2.88 bits per heavy atom. The normalized spacial score (nSPS) is 10.8. The Bertz CT molecular complexity index is 964. The van der Waals surface area contributed by atoms with Crippen LogP contribution in [-0.2, 0) is 0 Å². The molecule has 0 aliphatic heterocycles. The minimum Gasteiger partial charge on any atom is -0.352 e. The molecule has 1 amide bonds. The summed E-state index contributed by atoms with van der Waals surface area (Å²) in [5.41, 5.74) is 2.06. The van der Waals surface area contributed by atoms with Gasteiger partial charge in [0.1, 0.15) is 0 Å². The van der Waals surface area contributed by atoms with Gasteiger partial charge in [-0.2, -0.15) is 0 Å². The predicted molar refractivity (Wildman–Crippen MR) is 91.3 cm³/mol. The van der Waals surface area contributed by atoms with Crippen LogP contribution in [0.2, 0.25) is 0 Å². The average molecular weight is 340 g/mol. The van der Waals surface area contributed by atoms with Gasteiger partial charge in [-0.1, -0.05) is 24.2 Å². The van der Waals surface area contributed by atoms with Gasteiger partial charge in [-0.3, -0.25) is 14.9 Å². The number of aryl methyl sites for hydroxylation is 1. The predicted octanol–water partition coefficient (Wildman–Crippen LogP) is 3.25. The highest BCUT2D eigenvalue weighted by molar-refractivity contribution is 6.07. The smallest absolute Gasteiger partial charge is 0.270 e. The SMILES string of the molecule is CCCNC(=O)c1cc(-c2cccc([N+](=O)[O-])c2)nc2onc(C)c12. The van der Waals surface area contributed by atoms with Crippen molar-refractivity contribution in [1.82, 2.24) is 15.5 Å². The number of rotatable bonds is 5. The van der Waals surface area contributed by atoms with Crippen LogP contribution in [0.5, 0.6) is 0 Å². The number of hydrogen-bond acceptors (Lipinski definition) is 6. The molecule has 3 rings (SSSR count). The zero-order valence-electron chi connectivity index (χ0n) is 13.8. The van der Waals surface area contributed by atoms with Crippen molar-refractivity contribution in [3.05, 3.63) is 51.7 Å². The number of carbonyl (C=O) groups is 1. The van der Waals surface area contributed by atoms with E-state index in [9.17, 15) is 14.9 Å². The van der Waals surface area contributed by atoms with Crippen LogP contribution in [0.15, 0.2) is 34.9 Å². The molecule has 0 unspecified atom stereocenters. The fraction of sp³-hybridized carbons (Fsp3) is 0.235. The molecule has 0 atom stereocenters. The van der Waals surface area contributed by atoms with E-state index in [2.05, 4.69) is 15.5 Å². The van der Waals surface area contributed by atoms with E-state index in [4.69, 9.17) is 4.52 Å². The van der Waals surface area contributed by atoms with Crippen LogP contribution in [0.25, 0.3) is 22.4 Å². The Labute approximate surface area is 143 Å². The number of fused-ring (bicyclic) bond motifs is 1. The summed E-state index contributed by atoms with van der Waals surface area (Å²) in [6, 6.07) is 7.68. The maximum atomic E-state index is 12.5. The summed E-state index contributed by atoms with van der Waals surface area (Å²) in [5.74, 6) is -0.257. The summed E-state index contributed by atoms with van der Waals surface area (Å²) in [5, 5.41) is 18.2. The highest BCUT2D eigenvalue weighted by Crippen LogP contribution is 2.28. The van der Waals surface area contributed by atoms with Crippen molar-refractivity contribution >= 4 is 22.7 Å². The molecule has 8 nitrogen and oxygen atoms in total. The van der Waals surface area contributed by atoms with Crippen LogP contribution in [-0.4, -0.2) is 27.5 Å². The molecule has 0 radical (unpaired) electrons. The van der Waals surface area contributed by atoms with Crippen LogP contribution in [0.4, 0.5) is 5.69 Å². The topological polar surface area (TPSA) is 111 Å². The molecule has 3 aromatic rings. The number of amides is 1. The van der Waals surface area contributed by atoms with E-state index in [1.807, 2.05) is 6.92 Å². The first kappa shape index (κ1) is 16.6. The van der Waals surface area contributed by atoms with Crippen molar-refractivity contribution in [2.45, 2.75) is 20.3 Å². The molecule has 0 aliphatic carbocycles. The second kappa shape index (κ2) is 6.68. The number of aromatic nitrogens is 2. The van der Waals surface area contributed by atoms with Crippen LogP contribution < -0.4 is 5.32 Å². The van der Waals surface area contributed by atoms with E-state index >= 15 is 0 Å². The molecule has 2 aromatic heterocycles. The van der Waals surface area contributed by atoms with E-state index in [1.165, 1.54) is 12.1 Å². The Balaban J connectivity index is 2.15. The number of non-ortho nitro benzene ring substituents is 1. The first-order chi connectivity index (χ1) is 12.0. The lowest BCUT2D eigenvalue weighted by atomic mass is 10.0. The number of benzene rings is 1. The first-order valence-corrected chi connectivity index (χ1v) is 7.81. The van der Waals surface area contributed by atoms with Gasteiger partial charge in [0, 0.05) is 24.2 Å². The molecular weight excluding hydrogens is 324 g/mol. The quantitative estimate of drug-likeness (QED) is 0.564. The monoisotopic (exact) mass is 340 g/mol. The van der Waals surface area contributed by atoms with Crippen molar-refractivity contribution in [3.8, 4) is 11.3 Å². The lowest BCUT2D eigenvalue weighted by molar-refractivity contribution is -0.384. The molecule has 1 aromatic carbocycles. The summed E-state index contributed by atoms with van der Waals surface area (Å²) in [6.45, 7) is 4.23. The van der Waals surface area contributed by atoms with Crippen LogP contribution in [0, 0.1) is 17.0 Å². The Kier molecular flexibility index (Phi) is 4.42. The van der Waals surface area contributed by atoms with Gasteiger partial charge in [-0.15, -0.1) is 0 Å². The molecule has 128 valence electrons. The molecule has 8 heteroatoms. The summed E-state index contributed by atoms with van der Waals surface area (Å²) in [4.78, 5) is 27.4. The highest BCUT2D eigenvalue weighted by atomic mass is 16.6. The molecule has 0 aliphatic rings. The van der Waals surface area contributed by atoms with Crippen molar-refractivity contribution in [3.63, 3.8) is 0 Å². The fourth-order valence-electron chi connectivity index (χ4n) is 2.53. The first-order valence-electron chi connectivity index (χ1n) is 7.81. The van der Waals surface area contributed by atoms with Crippen molar-refractivity contribution in [1.29, 1.82) is 0 Å². The number of pyridine rings is 1. The molecule has 0 bridgehead atoms. The average Bonchev–Trinajstić information content (AvgIpc) is 3.00. The number of hydrogen-bond donors (Lipinski definition) is 1. The summed E-state index contributed by atoms with van der Waals surface area (Å²) in [6.07, 6.45) is 0.806.